The van der Waals surface area contributed by atoms with Gasteiger partial charge in [-0.25, -0.2) is 8.42 Å². The van der Waals surface area contributed by atoms with E-state index in [2.05, 4.69) is 0 Å². The summed E-state index contributed by atoms with van der Waals surface area (Å²) in [7, 11) is -3.63. The van der Waals surface area contributed by atoms with E-state index < -0.39 is 9.84 Å². The van der Waals surface area contributed by atoms with Crippen LogP contribution in [0.15, 0.2) is 58.3 Å². The van der Waals surface area contributed by atoms with Gasteiger partial charge in [-0.05, 0) is 36.4 Å². The molecule has 0 amide bonds. The third-order valence-corrected chi connectivity index (χ3v) is 4.54. The van der Waals surface area contributed by atoms with Crippen molar-refractivity contribution in [3.05, 3.63) is 53.6 Å². The standard InChI is InChI=1S/C12H9ClO3S/c13-11-3-1-2-4-12(11)17(15,16)10-7-5-9(14)6-8-10/h1-8,14H. The van der Waals surface area contributed by atoms with Gasteiger partial charge in [0.15, 0.2) is 0 Å². The largest absolute Gasteiger partial charge is 0.508 e. The Kier molecular flexibility index (Phi) is 3.09. The average Bonchev–Trinajstić information content (AvgIpc) is 2.30. The summed E-state index contributed by atoms with van der Waals surface area (Å²) in [4.78, 5) is 0.163. The summed E-state index contributed by atoms with van der Waals surface area (Å²) in [6.45, 7) is 0. The molecule has 2 rings (SSSR count). The molecule has 0 saturated heterocycles. The van der Waals surface area contributed by atoms with Gasteiger partial charge in [-0.2, -0.15) is 0 Å². The van der Waals surface area contributed by atoms with Crippen LogP contribution in [0.2, 0.25) is 5.02 Å². The maximum absolute atomic E-state index is 12.2. The molecule has 17 heavy (non-hydrogen) atoms. The molecule has 0 radical (unpaired) electrons. The van der Waals surface area contributed by atoms with Gasteiger partial charge in [-0.1, -0.05) is 23.7 Å². The molecule has 0 atom stereocenters. The molecule has 0 bridgehead atoms. The zero-order chi connectivity index (χ0) is 12.5. The fraction of sp³-hybridized carbons (Fsp3) is 0. The number of aromatic hydroxyl groups is 1. The molecule has 88 valence electrons. The van der Waals surface area contributed by atoms with E-state index in [-0.39, 0.29) is 20.6 Å². The van der Waals surface area contributed by atoms with Crippen LogP contribution in [0.1, 0.15) is 0 Å². The molecule has 3 nitrogen and oxygen atoms in total. The fourth-order valence-electron chi connectivity index (χ4n) is 1.41. The average molecular weight is 269 g/mol. The second-order valence-corrected chi connectivity index (χ2v) is 5.75. The first-order valence-electron chi connectivity index (χ1n) is 4.80. The van der Waals surface area contributed by atoms with Crippen LogP contribution in [-0.2, 0) is 9.84 Å². The van der Waals surface area contributed by atoms with Crippen LogP contribution in [0.3, 0.4) is 0 Å². The molecule has 1 N–H and O–H groups in total. The highest BCUT2D eigenvalue weighted by Crippen LogP contribution is 2.27. The summed E-state index contributed by atoms with van der Waals surface area (Å²) in [5.41, 5.74) is 0. The number of hydrogen-bond acceptors (Lipinski definition) is 3. The molecule has 0 aromatic heterocycles. The molecular weight excluding hydrogens is 260 g/mol. The van der Waals surface area contributed by atoms with Crippen LogP contribution >= 0.6 is 11.6 Å². The third kappa shape index (κ3) is 2.28. The lowest BCUT2D eigenvalue weighted by Gasteiger charge is -2.06. The lowest BCUT2D eigenvalue weighted by molar-refractivity contribution is 0.475. The number of hydrogen-bond donors (Lipinski definition) is 1. The van der Waals surface area contributed by atoms with Gasteiger partial charge in [0.05, 0.1) is 14.8 Å². The van der Waals surface area contributed by atoms with Crippen molar-refractivity contribution in [1.82, 2.24) is 0 Å². The Balaban J connectivity index is 2.58. The summed E-state index contributed by atoms with van der Waals surface area (Å²) in [6, 6.07) is 11.6. The summed E-state index contributed by atoms with van der Waals surface area (Å²) in [5, 5.41) is 9.31. The van der Waals surface area contributed by atoms with Gasteiger partial charge < -0.3 is 5.11 Å². The number of halogens is 1. The maximum Gasteiger partial charge on any atom is 0.208 e. The molecule has 0 heterocycles. The van der Waals surface area contributed by atoms with Gasteiger partial charge >= 0.3 is 0 Å². The first-order valence-corrected chi connectivity index (χ1v) is 6.66. The summed E-state index contributed by atoms with van der Waals surface area (Å²) in [6.07, 6.45) is 0. The van der Waals surface area contributed by atoms with Crippen molar-refractivity contribution in [2.45, 2.75) is 9.79 Å². The van der Waals surface area contributed by atoms with Crippen molar-refractivity contribution in [3.8, 4) is 5.75 Å². The SMILES string of the molecule is O=S(=O)(c1ccc(O)cc1)c1ccccc1Cl. The minimum absolute atomic E-state index is 0.0168. The predicted molar refractivity (Wildman–Crippen MR) is 65.0 cm³/mol. The highest BCUT2D eigenvalue weighted by Gasteiger charge is 2.19. The zero-order valence-electron chi connectivity index (χ0n) is 8.67. The van der Waals surface area contributed by atoms with E-state index in [9.17, 15) is 8.42 Å². The Morgan fingerprint density at radius 1 is 0.941 bits per heavy atom. The molecule has 0 aliphatic heterocycles. The van der Waals surface area contributed by atoms with Crippen LogP contribution in [0, 0.1) is 0 Å². The second-order valence-electron chi connectivity index (χ2n) is 3.43. The van der Waals surface area contributed by atoms with Crippen LogP contribution in [-0.4, -0.2) is 13.5 Å². The first-order chi connectivity index (χ1) is 8.01. The lowest BCUT2D eigenvalue weighted by Crippen LogP contribution is -2.02. The molecule has 0 spiro atoms. The maximum atomic E-state index is 12.2. The third-order valence-electron chi connectivity index (χ3n) is 2.27. The number of rotatable bonds is 2. The summed E-state index contributed by atoms with van der Waals surface area (Å²) in [5.74, 6) is 0.0168. The van der Waals surface area contributed by atoms with Gasteiger partial charge in [0.25, 0.3) is 0 Å². The highest BCUT2D eigenvalue weighted by molar-refractivity contribution is 7.91. The lowest BCUT2D eigenvalue weighted by atomic mass is 10.3. The van der Waals surface area contributed by atoms with Gasteiger partial charge in [-0.15, -0.1) is 0 Å². The minimum atomic E-state index is -3.63. The molecule has 0 aliphatic rings. The van der Waals surface area contributed by atoms with E-state index in [1.165, 1.54) is 36.4 Å². The topological polar surface area (TPSA) is 54.4 Å². The molecule has 0 aliphatic carbocycles. The van der Waals surface area contributed by atoms with Crippen molar-refractivity contribution in [3.63, 3.8) is 0 Å². The molecule has 2 aromatic carbocycles. The van der Waals surface area contributed by atoms with Crippen LogP contribution in [0.25, 0.3) is 0 Å². The number of benzene rings is 2. The Labute approximate surface area is 104 Å². The van der Waals surface area contributed by atoms with Crippen molar-refractivity contribution >= 4 is 21.4 Å². The fourth-order valence-corrected chi connectivity index (χ4v) is 3.19. The quantitative estimate of drug-likeness (QED) is 0.911. The van der Waals surface area contributed by atoms with Gasteiger partial charge in [0.1, 0.15) is 5.75 Å². The van der Waals surface area contributed by atoms with Crippen LogP contribution < -0.4 is 0 Å². The van der Waals surface area contributed by atoms with Crippen molar-refractivity contribution < 1.29 is 13.5 Å². The van der Waals surface area contributed by atoms with Crippen molar-refractivity contribution in [2.24, 2.45) is 0 Å². The molecule has 2 aromatic rings. The number of sulfone groups is 1. The molecular formula is C12H9ClO3S. The molecule has 5 heteroatoms. The predicted octanol–water partition coefficient (Wildman–Crippen LogP) is 2.88. The number of phenols is 1. The molecule has 0 unspecified atom stereocenters. The highest BCUT2D eigenvalue weighted by atomic mass is 35.5. The van der Waals surface area contributed by atoms with E-state index >= 15 is 0 Å². The van der Waals surface area contributed by atoms with Gasteiger partial charge in [-0.3, -0.25) is 0 Å². The van der Waals surface area contributed by atoms with E-state index in [1.807, 2.05) is 0 Å². The Hall–Kier alpha value is -1.52. The van der Waals surface area contributed by atoms with E-state index in [0.717, 1.165) is 0 Å². The number of phenolic OH excluding ortho intramolecular Hbond substituents is 1. The van der Waals surface area contributed by atoms with Gasteiger partial charge in [0, 0.05) is 0 Å². The monoisotopic (exact) mass is 268 g/mol. The van der Waals surface area contributed by atoms with Crippen LogP contribution in [0.5, 0.6) is 5.75 Å². The summed E-state index contributed by atoms with van der Waals surface area (Å²) >= 11 is 5.86. The summed E-state index contributed by atoms with van der Waals surface area (Å²) < 4.78 is 24.4. The first kappa shape index (κ1) is 12.0. The van der Waals surface area contributed by atoms with E-state index in [4.69, 9.17) is 16.7 Å². The Bertz CT molecular complexity index is 633. The molecule has 0 saturated carbocycles. The zero-order valence-corrected chi connectivity index (χ0v) is 10.2. The Morgan fingerprint density at radius 2 is 1.53 bits per heavy atom. The smallest absolute Gasteiger partial charge is 0.208 e. The molecule has 0 fully saturated rings. The Morgan fingerprint density at radius 3 is 2.12 bits per heavy atom. The van der Waals surface area contributed by atoms with E-state index in [0.29, 0.717) is 0 Å². The van der Waals surface area contributed by atoms with Crippen molar-refractivity contribution in [1.29, 1.82) is 0 Å². The van der Waals surface area contributed by atoms with Gasteiger partial charge in [0.2, 0.25) is 9.84 Å². The minimum Gasteiger partial charge on any atom is -0.508 e. The van der Waals surface area contributed by atoms with Crippen LogP contribution in [0.4, 0.5) is 0 Å². The van der Waals surface area contributed by atoms with E-state index in [1.54, 1.807) is 12.1 Å². The van der Waals surface area contributed by atoms with Crippen molar-refractivity contribution in [2.75, 3.05) is 0 Å². The normalized spacial score (nSPS) is 11.4. The second kappa shape index (κ2) is 4.39.